The predicted molar refractivity (Wildman–Crippen MR) is 33.9 cm³/mol. The summed E-state index contributed by atoms with van der Waals surface area (Å²) in [4.78, 5) is 3.42. The van der Waals surface area contributed by atoms with Crippen molar-refractivity contribution in [1.82, 2.24) is 4.98 Å². The quantitative estimate of drug-likeness (QED) is 0.566. The summed E-state index contributed by atoms with van der Waals surface area (Å²) in [5.74, 6) is -0.345. The molecule has 0 fully saturated rings. The third-order valence-corrected chi connectivity index (χ3v) is 2.60. The Balaban J connectivity index is 2.92. The van der Waals surface area contributed by atoms with Crippen LogP contribution < -0.4 is 0 Å². The Kier molecular flexibility index (Phi) is 1.85. The average molecular weight is 149 g/mol. The summed E-state index contributed by atoms with van der Waals surface area (Å²) < 4.78 is 12.9. The van der Waals surface area contributed by atoms with Crippen LogP contribution in [0.4, 0.5) is 4.39 Å². The minimum absolute atomic E-state index is 0.345. The largest absolute Gasteiger partial charge is 0.237 e. The topological polar surface area (TPSA) is 12.9 Å². The van der Waals surface area contributed by atoms with Gasteiger partial charge in [-0.25, -0.2) is 4.98 Å². The first-order valence-electron chi connectivity index (χ1n) is 1.97. The lowest BCUT2D eigenvalue weighted by Crippen LogP contribution is -1.69. The number of halogens is 1. The van der Waals surface area contributed by atoms with Gasteiger partial charge in [0, 0.05) is 0 Å². The standard InChI is InChI=1S/C4H4FNS2/c1-7-4-3(5)6-2-8-4/h2H,1H3. The SMILES string of the molecule is CSc1scnc1F. The van der Waals surface area contributed by atoms with Crippen LogP contribution in [-0.2, 0) is 0 Å². The van der Waals surface area contributed by atoms with E-state index in [9.17, 15) is 4.39 Å². The zero-order chi connectivity index (χ0) is 5.98. The van der Waals surface area contributed by atoms with Crippen LogP contribution in [-0.4, -0.2) is 11.2 Å². The minimum atomic E-state index is -0.345. The van der Waals surface area contributed by atoms with Crippen molar-refractivity contribution in [1.29, 1.82) is 0 Å². The summed E-state index contributed by atoms with van der Waals surface area (Å²) in [6.07, 6.45) is 1.83. The number of hydrogen-bond donors (Lipinski definition) is 0. The van der Waals surface area contributed by atoms with E-state index in [-0.39, 0.29) is 5.95 Å². The van der Waals surface area contributed by atoms with E-state index in [0.29, 0.717) is 4.21 Å². The van der Waals surface area contributed by atoms with Gasteiger partial charge in [0.2, 0.25) is 5.95 Å². The fourth-order valence-corrected chi connectivity index (χ4v) is 1.48. The second kappa shape index (κ2) is 2.46. The number of rotatable bonds is 1. The predicted octanol–water partition coefficient (Wildman–Crippen LogP) is 2.00. The Bertz CT molecular complexity index is 174. The van der Waals surface area contributed by atoms with Gasteiger partial charge in [0.05, 0.1) is 5.51 Å². The summed E-state index contributed by atoms with van der Waals surface area (Å²) in [7, 11) is 0. The molecule has 0 atom stereocenters. The molecule has 0 spiro atoms. The maximum Gasteiger partial charge on any atom is 0.237 e. The highest BCUT2D eigenvalue weighted by molar-refractivity contribution is 8.00. The van der Waals surface area contributed by atoms with E-state index in [1.54, 1.807) is 0 Å². The van der Waals surface area contributed by atoms with Gasteiger partial charge in [-0.2, -0.15) is 4.39 Å². The molecule has 1 aromatic rings. The molecule has 1 rings (SSSR count). The second-order valence-corrected chi connectivity index (χ2v) is 3.06. The molecule has 0 aliphatic rings. The van der Waals surface area contributed by atoms with Crippen molar-refractivity contribution in [3.63, 3.8) is 0 Å². The van der Waals surface area contributed by atoms with Gasteiger partial charge >= 0.3 is 0 Å². The van der Waals surface area contributed by atoms with Crippen molar-refractivity contribution < 1.29 is 4.39 Å². The summed E-state index contributed by atoms with van der Waals surface area (Å²) >= 11 is 2.71. The van der Waals surface area contributed by atoms with Gasteiger partial charge in [-0.1, -0.05) is 0 Å². The van der Waals surface area contributed by atoms with E-state index in [1.807, 2.05) is 6.26 Å². The molecule has 4 heteroatoms. The van der Waals surface area contributed by atoms with Gasteiger partial charge in [0.1, 0.15) is 4.21 Å². The number of nitrogens with zero attached hydrogens (tertiary/aromatic N) is 1. The van der Waals surface area contributed by atoms with Crippen molar-refractivity contribution in [2.45, 2.75) is 4.21 Å². The third kappa shape index (κ3) is 1.00. The van der Waals surface area contributed by atoms with Crippen molar-refractivity contribution in [3.8, 4) is 0 Å². The zero-order valence-corrected chi connectivity index (χ0v) is 5.85. The molecule has 1 aromatic heterocycles. The minimum Gasteiger partial charge on any atom is -0.216 e. The van der Waals surface area contributed by atoms with E-state index >= 15 is 0 Å². The van der Waals surface area contributed by atoms with Gasteiger partial charge in [-0.3, -0.25) is 0 Å². The van der Waals surface area contributed by atoms with E-state index in [0.717, 1.165) is 0 Å². The van der Waals surface area contributed by atoms with Gasteiger partial charge in [0.15, 0.2) is 0 Å². The lowest BCUT2D eigenvalue weighted by molar-refractivity contribution is 0.571. The molecule has 0 N–H and O–H groups in total. The van der Waals surface area contributed by atoms with Gasteiger partial charge < -0.3 is 0 Å². The van der Waals surface area contributed by atoms with Gasteiger partial charge in [0.25, 0.3) is 0 Å². The van der Waals surface area contributed by atoms with Crippen LogP contribution in [0.1, 0.15) is 0 Å². The maximum absolute atomic E-state index is 12.2. The molecule has 8 heavy (non-hydrogen) atoms. The molecule has 0 amide bonds. The lowest BCUT2D eigenvalue weighted by Gasteiger charge is -1.81. The lowest BCUT2D eigenvalue weighted by atomic mass is 10.9. The van der Waals surface area contributed by atoms with E-state index < -0.39 is 0 Å². The monoisotopic (exact) mass is 149 g/mol. The van der Waals surface area contributed by atoms with E-state index in [4.69, 9.17) is 0 Å². The number of thiazole rings is 1. The summed E-state index contributed by atoms with van der Waals surface area (Å²) in [5, 5.41) is 0. The fourth-order valence-electron chi connectivity index (χ4n) is 0.354. The highest BCUT2D eigenvalue weighted by Crippen LogP contribution is 2.21. The highest BCUT2D eigenvalue weighted by Gasteiger charge is 2.00. The third-order valence-electron chi connectivity index (χ3n) is 0.680. The van der Waals surface area contributed by atoms with Crippen LogP contribution in [0.25, 0.3) is 0 Å². The molecule has 0 bridgehead atoms. The van der Waals surface area contributed by atoms with Gasteiger partial charge in [-0.15, -0.1) is 23.1 Å². The molecule has 0 saturated heterocycles. The van der Waals surface area contributed by atoms with Crippen LogP contribution >= 0.6 is 23.1 Å². The molecule has 0 radical (unpaired) electrons. The first-order chi connectivity index (χ1) is 3.84. The molecule has 44 valence electrons. The zero-order valence-electron chi connectivity index (χ0n) is 4.22. The molecular weight excluding hydrogens is 145 g/mol. The van der Waals surface area contributed by atoms with Crippen molar-refractivity contribution in [2.24, 2.45) is 0 Å². The Morgan fingerprint density at radius 3 is 2.88 bits per heavy atom. The van der Waals surface area contributed by atoms with Crippen LogP contribution in [0.5, 0.6) is 0 Å². The Morgan fingerprint density at radius 1 is 1.88 bits per heavy atom. The van der Waals surface area contributed by atoms with Crippen molar-refractivity contribution in [3.05, 3.63) is 11.5 Å². The van der Waals surface area contributed by atoms with Crippen LogP contribution in [0.15, 0.2) is 9.72 Å². The highest BCUT2D eigenvalue weighted by atomic mass is 32.2. The number of aromatic nitrogens is 1. The first kappa shape index (κ1) is 6.04. The maximum atomic E-state index is 12.2. The fraction of sp³-hybridized carbons (Fsp3) is 0.250. The van der Waals surface area contributed by atoms with Crippen LogP contribution in [0, 0.1) is 5.95 Å². The number of hydrogen-bond acceptors (Lipinski definition) is 3. The Labute approximate surface area is 54.9 Å². The van der Waals surface area contributed by atoms with E-state index in [1.165, 1.54) is 28.6 Å². The molecule has 0 aliphatic heterocycles. The second-order valence-electron chi connectivity index (χ2n) is 1.13. The van der Waals surface area contributed by atoms with Crippen LogP contribution in [0.2, 0.25) is 0 Å². The molecular formula is C4H4FNS2. The average Bonchev–Trinajstić information content (AvgIpc) is 2.14. The Hall–Kier alpha value is -0.0900. The molecule has 1 nitrogen and oxygen atoms in total. The molecule has 0 saturated carbocycles. The summed E-state index contributed by atoms with van der Waals surface area (Å²) in [6.45, 7) is 0. The molecule has 0 aliphatic carbocycles. The molecule has 0 aromatic carbocycles. The summed E-state index contributed by atoms with van der Waals surface area (Å²) in [5.41, 5.74) is 1.50. The summed E-state index contributed by atoms with van der Waals surface area (Å²) in [6, 6.07) is 0. The molecule has 1 heterocycles. The first-order valence-corrected chi connectivity index (χ1v) is 4.08. The number of thioether (sulfide) groups is 1. The van der Waals surface area contributed by atoms with Gasteiger partial charge in [-0.05, 0) is 6.26 Å². The Morgan fingerprint density at radius 2 is 2.62 bits per heavy atom. The van der Waals surface area contributed by atoms with Crippen molar-refractivity contribution >= 4 is 23.1 Å². The van der Waals surface area contributed by atoms with Crippen molar-refractivity contribution in [2.75, 3.05) is 6.26 Å². The van der Waals surface area contributed by atoms with E-state index in [2.05, 4.69) is 4.98 Å². The van der Waals surface area contributed by atoms with Crippen LogP contribution in [0.3, 0.4) is 0 Å². The molecule has 0 unspecified atom stereocenters. The normalized spacial score (nSPS) is 9.75. The smallest absolute Gasteiger partial charge is 0.216 e.